The van der Waals surface area contributed by atoms with Crippen molar-refractivity contribution in [1.29, 1.82) is 0 Å². The van der Waals surface area contributed by atoms with Crippen molar-refractivity contribution in [2.75, 3.05) is 5.32 Å². The van der Waals surface area contributed by atoms with Crippen LogP contribution in [0.4, 0.5) is 11.4 Å². The normalized spacial score (nSPS) is 9.73. The fourth-order valence-electron chi connectivity index (χ4n) is 1.60. The first-order valence-electron chi connectivity index (χ1n) is 5.62. The minimum absolute atomic E-state index is 0. The molecule has 0 spiro atoms. The number of nitro groups is 1. The third kappa shape index (κ3) is 3.85. The Balaban J connectivity index is 0.00000242. The maximum absolute atomic E-state index is 12.0. The van der Waals surface area contributed by atoms with Crippen molar-refractivity contribution < 1.29 is 20.3 Å². The molecule has 2 rings (SSSR count). The number of anilines is 1. The predicted molar refractivity (Wildman–Crippen MR) is 82.8 cm³/mol. The molecule has 0 aliphatic carbocycles. The van der Waals surface area contributed by atoms with Crippen LogP contribution >= 0.6 is 23.2 Å². The molecule has 0 saturated carbocycles. The molecule has 4 N–H and O–H groups in total. The summed E-state index contributed by atoms with van der Waals surface area (Å²) in [5, 5.41) is 23.0. The van der Waals surface area contributed by atoms with Gasteiger partial charge in [-0.2, -0.15) is 0 Å². The number of amides is 1. The van der Waals surface area contributed by atoms with Gasteiger partial charge in [0.2, 0.25) is 0 Å². The molecular formula is C13H10Cl2N2O5. The molecule has 9 heteroatoms. The van der Waals surface area contributed by atoms with Crippen molar-refractivity contribution in [2.45, 2.75) is 0 Å². The topological polar surface area (TPSA) is 124 Å². The summed E-state index contributed by atoms with van der Waals surface area (Å²) >= 11 is 11.6. The smallest absolute Gasteiger partial charge is 0.271 e. The number of nitrogens with one attached hydrogen (secondary N) is 1. The molecule has 22 heavy (non-hydrogen) atoms. The summed E-state index contributed by atoms with van der Waals surface area (Å²) in [6.45, 7) is 0. The van der Waals surface area contributed by atoms with E-state index in [9.17, 15) is 20.0 Å². The molecule has 1 amide bonds. The van der Waals surface area contributed by atoms with Crippen molar-refractivity contribution in [2.24, 2.45) is 0 Å². The molecule has 0 aromatic heterocycles. The van der Waals surface area contributed by atoms with Gasteiger partial charge in [-0.1, -0.05) is 23.2 Å². The highest BCUT2D eigenvalue weighted by molar-refractivity contribution is 6.34. The van der Waals surface area contributed by atoms with Gasteiger partial charge >= 0.3 is 0 Å². The summed E-state index contributed by atoms with van der Waals surface area (Å²) in [6.07, 6.45) is 0. The average Bonchev–Trinajstić information content (AvgIpc) is 2.43. The number of aromatic hydroxyl groups is 1. The fraction of sp³-hybridized carbons (Fsp3) is 0. The van der Waals surface area contributed by atoms with Crippen LogP contribution in [0.5, 0.6) is 5.75 Å². The molecule has 0 aliphatic heterocycles. The summed E-state index contributed by atoms with van der Waals surface area (Å²) in [7, 11) is 0. The molecule has 0 unspecified atom stereocenters. The van der Waals surface area contributed by atoms with Crippen LogP contribution in [0.15, 0.2) is 36.4 Å². The minimum Gasteiger partial charge on any atom is -0.507 e. The Morgan fingerprint density at radius 3 is 2.45 bits per heavy atom. The van der Waals surface area contributed by atoms with E-state index < -0.39 is 10.8 Å². The van der Waals surface area contributed by atoms with Gasteiger partial charge in [-0.3, -0.25) is 14.9 Å². The Bertz CT molecular complexity index is 736. The van der Waals surface area contributed by atoms with E-state index in [2.05, 4.69) is 5.32 Å². The number of hydrogen-bond acceptors (Lipinski definition) is 4. The number of non-ortho nitro benzene ring substituents is 1. The number of carbonyl (C=O) groups excluding carboxylic acids is 1. The highest BCUT2D eigenvalue weighted by Gasteiger charge is 2.15. The number of rotatable bonds is 3. The summed E-state index contributed by atoms with van der Waals surface area (Å²) in [5.74, 6) is -0.874. The lowest BCUT2D eigenvalue weighted by Crippen LogP contribution is -2.12. The molecule has 0 aliphatic rings. The quantitative estimate of drug-likeness (QED) is 0.655. The van der Waals surface area contributed by atoms with Crippen LogP contribution < -0.4 is 5.32 Å². The second-order valence-electron chi connectivity index (χ2n) is 4.04. The molecular weight excluding hydrogens is 335 g/mol. The van der Waals surface area contributed by atoms with E-state index in [1.807, 2.05) is 0 Å². The van der Waals surface area contributed by atoms with Crippen LogP contribution in [0, 0.1) is 10.1 Å². The van der Waals surface area contributed by atoms with E-state index in [-0.39, 0.29) is 38.2 Å². The van der Waals surface area contributed by atoms with Crippen molar-refractivity contribution in [3.05, 3.63) is 62.1 Å². The first-order chi connectivity index (χ1) is 9.88. The van der Waals surface area contributed by atoms with Crippen molar-refractivity contribution in [3.8, 4) is 5.75 Å². The molecule has 2 aromatic carbocycles. The number of benzene rings is 2. The van der Waals surface area contributed by atoms with Gasteiger partial charge in [-0.25, -0.2) is 0 Å². The number of nitrogens with zero attached hydrogens (tertiary/aromatic N) is 1. The number of hydrogen-bond donors (Lipinski definition) is 2. The van der Waals surface area contributed by atoms with Gasteiger partial charge in [0, 0.05) is 17.2 Å². The van der Waals surface area contributed by atoms with Crippen LogP contribution in [-0.4, -0.2) is 21.4 Å². The third-order valence-corrected chi connectivity index (χ3v) is 3.16. The summed E-state index contributed by atoms with van der Waals surface area (Å²) < 4.78 is 0. The molecule has 2 aromatic rings. The van der Waals surface area contributed by atoms with E-state index in [4.69, 9.17) is 23.2 Å². The van der Waals surface area contributed by atoms with Gasteiger partial charge in [0.25, 0.3) is 11.6 Å². The predicted octanol–water partition coefficient (Wildman–Crippen LogP) is 3.03. The van der Waals surface area contributed by atoms with Crippen molar-refractivity contribution >= 4 is 40.5 Å². The van der Waals surface area contributed by atoms with E-state index in [1.54, 1.807) is 0 Å². The molecule has 0 atom stereocenters. The number of carbonyl (C=O) groups is 1. The molecule has 116 valence electrons. The number of phenolic OH excluding ortho intramolecular Hbond substituents is 1. The van der Waals surface area contributed by atoms with Crippen LogP contribution in [0.1, 0.15) is 10.4 Å². The highest BCUT2D eigenvalue weighted by Crippen LogP contribution is 2.28. The van der Waals surface area contributed by atoms with E-state index >= 15 is 0 Å². The van der Waals surface area contributed by atoms with Crippen LogP contribution in [0.3, 0.4) is 0 Å². The van der Waals surface area contributed by atoms with Gasteiger partial charge < -0.3 is 15.9 Å². The average molecular weight is 345 g/mol. The van der Waals surface area contributed by atoms with Gasteiger partial charge in [0.15, 0.2) is 0 Å². The lowest BCUT2D eigenvalue weighted by Gasteiger charge is -2.08. The van der Waals surface area contributed by atoms with Crippen molar-refractivity contribution in [3.63, 3.8) is 0 Å². The maximum Gasteiger partial charge on any atom is 0.271 e. The summed E-state index contributed by atoms with van der Waals surface area (Å²) in [6, 6.07) is 7.65. The zero-order valence-corrected chi connectivity index (χ0v) is 12.4. The van der Waals surface area contributed by atoms with Crippen LogP contribution in [0.2, 0.25) is 10.0 Å². The van der Waals surface area contributed by atoms with E-state index in [0.717, 1.165) is 6.07 Å². The second-order valence-corrected chi connectivity index (χ2v) is 4.88. The molecule has 0 heterocycles. The molecule has 0 bridgehead atoms. The lowest BCUT2D eigenvalue weighted by molar-refractivity contribution is -0.384. The first-order valence-corrected chi connectivity index (χ1v) is 6.38. The number of phenols is 1. The second kappa shape index (κ2) is 7.08. The zero-order valence-electron chi connectivity index (χ0n) is 10.8. The molecule has 0 radical (unpaired) electrons. The van der Waals surface area contributed by atoms with E-state index in [1.165, 1.54) is 30.3 Å². The van der Waals surface area contributed by atoms with Crippen LogP contribution in [0.25, 0.3) is 0 Å². The standard InChI is InChI=1S/C13H8Cl2N2O4.H2O/c14-7-1-4-12(18)9(5-7)13(19)16-11-3-2-8(17(20)21)6-10(11)15;/h1-6,18H,(H,16,19);1H2. The number of nitro benzene ring substituents is 1. The van der Waals surface area contributed by atoms with Gasteiger partial charge in [0.05, 0.1) is 21.2 Å². The number of halogens is 2. The van der Waals surface area contributed by atoms with E-state index in [0.29, 0.717) is 0 Å². The fourth-order valence-corrected chi connectivity index (χ4v) is 1.99. The largest absolute Gasteiger partial charge is 0.507 e. The lowest BCUT2D eigenvalue weighted by atomic mass is 10.2. The zero-order chi connectivity index (χ0) is 15.6. The van der Waals surface area contributed by atoms with Gasteiger partial charge in [-0.05, 0) is 24.3 Å². The third-order valence-electron chi connectivity index (χ3n) is 2.61. The monoisotopic (exact) mass is 344 g/mol. The minimum atomic E-state index is -0.634. The Kier molecular flexibility index (Phi) is 5.69. The Labute approximate surface area is 134 Å². The summed E-state index contributed by atoms with van der Waals surface area (Å²) in [5.41, 5.74) is -0.0350. The van der Waals surface area contributed by atoms with Crippen molar-refractivity contribution in [1.82, 2.24) is 0 Å². The molecule has 7 nitrogen and oxygen atoms in total. The molecule has 0 fully saturated rings. The Morgan fingerprint density at radius 2 is 1.86 bits per heavy atom. The molecule has 0 saturated heterocycles. The van der Waals surface area contributed by atoms with Gasteiger partial charge in [0.1, 0.15) is 5.75 Å². The first kappa shape index (κ1) is 17.7. The SMILES string of the molecule is O.O=C(Nc1ccc([N+](=O)[O-])cc1Cl)c1cc(Cl)ccc1O. The maximum atomic E-state index is 12.0. The highest BCUT2D eigenvalue weighted by atomic mass is 35.5. The Morgan fingerprint density at radius 1 is 1.18 bits per heavy atom. The Hall–Kier alpha value is -2.35. The summed E-state index contributed by atoms with van der Waals surface area (Å²) in [4.78, 5) is 22.0. The van der Waals surface area contributed by atoms with Crippen LogP contribution in [-0.2, 0) is 0 Å². The van der Waals surface area contributed by atoms with Gasteiger partial charge in [-0.15, -0.1) is 0 Å².